The van der Waals surface area contributed by atoms with Crippen molar-refractivity contribution < 1.29 is 28.9 Å². The van der Waals surface area contributed by atoms with Crippen LogP contribution < -0.4 is 10.6 Å². The van der Waals surface area contributed by atoms with Crippen LogP contribution in [0.1, 0.15) is 65.2 Å². The summed E-state index contributed by atoms with van der Waals surface area (Å²) < 4.78 is 6.33. The van der Waals surface area contributed by atoms with Gasteiger partial charge in [-0.1, -0.05) is 12.5 Å². The van der Waals surface area contributed by atoms with Crippen LogP contribution in [0.3, 0.4) is 0 Å². The van der Waals surface area contributed by atoms with Gasteiger partial charge in [0, 0.05) is 67.2 Å². The van der Waals surface area contributed by atoms with Crippen LogP contribution in [-0.4, -0.2) is 107 Å². The number of rotatable bonds is 11. The van der Waals surface area contributed by atoms with Crippen LogP contribution in [0.15, 0.2) is 36.8 Å². The first-order valence-corrected chi connectivity index (χ1v) is 18.0. The average molecular weight is 673 g/mol. The second kappa shape index (κ2) is 18.3. The number of ether oxygens (including phenoxy) is 1. The Morgan fingerprint density at radius 1 is 1.15 bits per heavy atom. The van der Waals surface area contributed by atoms with Gasteiger partial charge in [-0.05, 0) is 68.4 Å². The molecule has 14 heteroatoms. The first-order chi connectivity index (χ1) is 22.3. The molecule has 0 spiro atoms. The molecular weight excluding hydrogens is 627 g/mol. The Kier molecular flexibility index (Phi) is 14.3. The highest BCUT2D eigenvalue weighted by molar-refractivity contribution is 7.44. The zero-order valence-electron chi connectivity index (χ0n) is 26.4. The molecule has 4 N–H and O–H groups in total. The van der Waals surface area contributed by atoms with Crippen molar-refractivity contribution in [3.63, 3.8) is 0 Å². The van der Waals surface area contributed by atoms with Crippen LogP contribution in [0.4, 0.5) is 5.82 Å². The predicted octanol–water partition coefficient (Wildman–Crippen LogP) is 3.51. The van der Waals surface area contributed by atoms with Gasteiger partial charge < -0.3 is 39.8 Å². The number of benzene rings is 1. The van der Waals surface area contributed by atoms with Gasteiger partial charge in [0.05, 0.1) is 18.1 Å². The number of likely N-dealkylation sites (tertiary alicyclic amines) is 2. The fourth-order valence-corrected chi connectivity index (χ4v) is 7.30. The van der Waals surface area contributed by atoms with E-state index in [-0.39, 0.29) is 6.16 Å². The van der Waals surface area contributed by atoms with E-state index in [1.807, 2.05) is 24.4 Å². The van der Waals surface area contributed by atoms with Crippen LogP contribution in [0, 0.1) is 0 Å². The van der Waals surface area contributed by atoms with Crippen molar-refractivity contribution in [2.24, 2.45) is 5.73 Å². The van der Waals surface area contributed by atoms with Gasteiger partial charge in [-0.25, -0.2) is 9.97 Å². The van der Waals surface area contributed by atoms with Crippen LogP contribution in [0.2, 0.25) is 0 Å². The number of thiophene rings is 1. The summed E-state index contributed by atoms with van der Waals surface area (Å²) in [5.41, 5.74) is 7.19. The Morgan fingerprint density at radius 2 is 1.93 bits per heavy atom. The molecule has 0 bridgehead atoms. The number of carbonyl (C=O) groups is 3. The van der Waals surface area contributed by atoms with Crippen molar-refractivity contribution in [1.82, 2.24) is 19.8 Å². The van der Waals surface area contributed by atoms with Crippen molar-refractivity contribution in [2.45, 2.75) is 56.6 Å². The summed E-state index contributed by atoms with van der Waals surface area (Å²) in [6.45, 7) is 6.03. The minimum Gasteiger partial charge on any atom is -0.378 e. The summed E-state index contributed by atoms with van der Waals surface area (Å²) in [5.74, 6) is 0.937. The summed E-state index contributed by atoms with van der Waals surface area (Å²) in [6, 6.07) is 8.06. The quantitative estimate of drug-likeness (QED) is 0.156. The predicted molar refractivity (Wildman–Crippen MR) is 181 cm³/mol. The number of nitrogens with two attached hydrogens (primary N) is 1. The van der Waals surface area contributed by atoms with Gasteiger partial charge in [0.15, 0.2) is 8.38 Å². The smallest absolute Gasteiger partial charge is 0.258 e. The number of carbonyl (C=O) groups excluding carboxylic acids is 3. The number of anilines is 1. The zero-order chi connectivity index (χ0) is 32.9. The molecule has 1 aromatic carbocycles. The monoisotopic (exact) mass is 672 g/mol. The maximum absolute atomic E-state index is 11.0. The third-order valence-electron chi connectivity index (χ3n) is 8.46. The van der Waals surface area contributed by atoms with E-state index >= 15 is 0 Å². The molecule has 3 fully saturated rings. The Hall–Kier alpha value is -3.06. The molecule has 3 aliphatic heterocycles. The largest absolute Gasteiger partial charge is 0.378 e. The van der Waals surface area contributed by atoms with Gasteiger partial charge >= 0.3 is 0 Å². The Labute approximate surface area is 275 Å². The first-order valence-electron chi connectivity index (χ1n) is 15.7. The number of primary amides is 1. The number of fused-ring (bicyclic) bond motifs is 1. The number of aldehydes is 1. The molecule has 1 unspecified atom stereocenters. The summed E-state index contributed by atoms with van der Waals surface area (Å²) in [5, 5.41) is 0.910. The van der Waals surface area contributed by atoms with Crippen molar-refractivity contribution in [1.29, 1.82) is 0 Å². The first kappa shape index (κ1) is 35.8. The fraction of sp³-hybridized carbons (Fsp3) is 0.531. The standard InChI is InChI=1S/C12H16N4O2.C10H10NO3PS.C10H19NO/c17-9-15-6-10(7-15)11-5-13-8-14-12(11)16-1-3-18-4-2-16;11-10(12)9-4-7-3-6(5-15(13)14)1-2-8(7)16-9;1-11-8-5-7-10(11)6-3-2-4-9-12/h5,8-10H,1-4,6-7H2;1-4,13-14H,5H2,(H2,11,12);9-10H,2-8H2,1H3. The molecule has 250 valence electrons. The minimum absolute atomic E-state index is 0.243. The Bertz CT molecular complexity index is 1410. The second-order valence-corrected chi connectivity index (χ2v) is 13.9. The average Bonchev–Trinajstić information content (AvgIpc) is 3.65. The summed E-state index contributed by atoms with van der Waals surface area (Å²) >= 11 is 1.34. The molecule has 3 saturated heterocycles. The number of hydrogen-bond acceptors (Lipinski definition) is 11. The lowest BCUT2D eigenvalue weighted by Gasteiger charge is -2.38. The highest BCUT2D eigenvalue weighted by Gasteiger charge is 2.31. The Balaban J connectivity index is 0.000000160. The van der Waals surface area contributed by atoms with Crippen LogP contribution in [0.25, 0.3) is 10.1 Å². The molecule has 5 heterocycles. The summed E-state index contributed by atoms with van der Waals surface area (Å²) in [4.78, 5) is 65.0. The maximum atomic E-state index is 11.0. The van der Waals surface area contributed by atoms with Crippen molar-refractivity contribution in [3.05, 3.63) is 52.8 Å². The van der Waals surface area contributed by atoms with E-state index in [1.165, 1.54) is 43.6 Å². The lowest BCUT2D eigenvalue weighted by atomic mass is 9.93. The number of morpholine rings is 1. The number of amides is 2. The third-order valence-corrected chi connectivity index (χ3v) is 10.2. The highest BCUT2D eigenvalue weighted by Crippen LogP contribution is 2.33. The van der Waals surface area contributed by atoms with E-state index < -0.39 is 14.3 Å². The number of unbranched alkanes of at least 4 members (excludes halogenated alkanes) is 2. The van der Waals surface area contributed by atoms with E-state index in [9.17, 15) is 14.4 Å². The normalized spacial score (nSPS) is 18.4. The van der Waals surface area contributed by atoms with E-state index in [0.717, 1.165) is 98.0 Å². The lowest BCUT2D eigenvalue weighted by molar-refractivity contribution is -0.122. The molecule has 0 saturated carbocycles. The molecule has 46 heavy (non-hydrogen) atoms. The fourth-order valence-electron chi connectivity index (χ4n) is 5.88. The summed E-state index contributed by atoms with van der Waals surface area (Å²) in [6.07, 6.45) is 12.7. The molecule has 2 amide bonds. The maximum Gasteiger partial charge on any atom is 0.258 e. The van der Waals surface area contributed by atoms with Gasteiger partial charge in [0.1, 0.15) is 18.4 Å². The molecule has 1 atom stereocenters. The van der Waals surface area contributed by atoms with Crippen LogP contribution in [-0.2, 0) is 20.5 Å². The molecule has 2 aromatic heterocycles. The Morgan fingerprint density at radius 3 is 2.59 bits per heavy atom. The topological polar surface area (TPSA) is 162 Å². The van der Waals surface area contributed by atoms with Gasteiger partial charge in [-0.15, -0.1) is 11.3 Å². The third kappa shape index (κ3) is 10.5. The van der Waals surface area contributed by atoms with E-state index in [2.05, 4.69) is 26.8 Å². The van der Waals surface area contributed by atoms with Crippen molar-refractivity contribution in [2.75, 3.05) is 57.9 Å². The molecular formula is C32H45N6O6PS. The van der Waals surface area contributed by atoms with E-state index in [0.29, 0.717) is 10.8 Å². The van der Waals surface area contributed by atoms with E-state index in [1.54, 1.807) is 17.3 Å². The van der Waals surface area contributed by atoms with Gasteiger partial charge in [0.2, 0.25) is 6.41 Å². The van der Waals surface area contributed by atoms with Crippen molar-refractivity contribution in [3.8, 4) is 0 Å². The zero-order valence-corrected chi connectivity index (χ0v) is 28.1. The summed E-state index contributed by atoms with van der Waals surface area (Å²) in [7, 11) is 0.280. The molecule has 0 radical (unpaired) electrons. The number of nitrogens with zero attached hydrogens (tertiary/aromatic N) is 5. The van der Waals surface area contributed by atoms with Crippen molar-refractivity contribution >= 4 is 54.2 Å². The lowest BCUT2D eigenvalue weighted by Crippen LogP contribution is -2.45. The van der Waals surface area contributed by atoms with Gasteiger partial charge in [0.25, 0.3) is 5.91 Å². The molecule has 3 aliphatic rings. The SMILES string of the molecule is CN1CCCC1CCCCC=O.NC(=O)c1cc2cc(CP(O)O)ccc2s1.O=CN1CC(c2cncnc2N2CCOCC2)C1. The highest BCUT2D eigenvalue weighted by atomic mass is 32.1. The number of aromatic nitrogens is 2. The number of hydrogen-bond donors (Lipinski definition) is 3. The van der Waals surface area contributed by atoms with Gasteiger partial charge in [-0.3, -0.25) is 9.59 Å². The molecule has 12 nitrogen and oxygen atoms in total. The molecule has 3 aromatic rings. The van der Waals surface area contributed by atoms with Crippen LogP contribution >= 0.6 is 19.7 Å². The second-order valence-electron chi connectivity index (χ2n) is 11.8. The van der Waals surface area contributed by atoms with Gasteiger partial charge in [-0.2, -0.15) is 0 Å². The van der Waals surface area contributed by atoms with Crippen LogP contribution in [0.5, 0.6) is 0 Å². The van der Waals surface area contributed by atoms with E-state index in [4.69, 9.17) is 20.3 Å². The molecule has 6 rings (SSSR count). The minimum atomic E-state index is -1.93. The molecule has 0 aliphatic carbocycles.